The molecule has 0 aromatic carbocycles. The van der Waals surface area contributed by atoms with E-state index in [1.54, 1.807) is 12.2 Å². The van der Waals surface area contributed by atoms with Gasteiger partial charge >= 0.3 is 9.05 Å². The van der Waals surface area contributed by atoms with E-state index in [9.17, 15) is 0 Å². The number of rotatable bonds is 11. The van der Waals surface area contributed by atoms with Crippen molar-refractivity contribution in [3.05, 3.63) is 25.3 Å². The zero-order chi connectivity index (χ0) is 15.0. The lowest BCUT2D eigenvalue weighted by atomic mass is 10.6. The van der Waals surface area contributed by atoms with Crippen LogP contribution in [0.4, 0.5) is 0 Å². The van der Waals surface area contributed by atoms with Crippen molar-refractivity contribution < 1.29 is 21.8 Å². The fraction of sp³-hybridized carbons (Fsp3) is 0.667. The molecular weight excluding hydrogens is 280 g/mol. The molecule has 19 heavy (non-hydrogen) atoms. The smallest absolute Gasteiger partial charge is 0.400 e. The Balaban J connectivity index is 0. The van der Waals surface area contributed by atoms with Gasteiger partial charge in [0.2, 0.25) is 0 Å². The summed E-state index contributed by atoms with van der Waals surface area (Å²) in [6.45, 7) is 16.6. The van der Waals surface area contributed by atoms with Crippen LogP contribution in [-0.2, 0) is 21.8 Å². The minimum atomic E-state index is -2.90. The first-order valence-electron chi connectivity index (χ1n) is 6.53. The Morgan fingerprint density at radius 3 is 1.53 bits per heavy atom. The van der Waals surface area contributed by atoms with E-state index in [1.165, 1.54) is 0 Å². The van der Waals surface area contributed by atoms with Gasteiger partial charge < -0.3 is 21.8 Å². The summed E-state index contributed by atoms with van der Waals surface area (Å²) in [5.41, 5.74) is 0. The van der Waals surface area contributed by atoms with E-state index in [0.717, 1.165) is 0 Å². The summed E-state index contributed by atoms with van der Waals surface area (Å²) in [6.07, 6.45) is 3.28. The van der Waals surface area contributed by atoms with Crippen molar-refractivity contribution in [2.24, 2.45) is 0 Å². The molecule has 0 atom stereocenters. The van der Waals surface area contributed by atoms with Crippen LogP contribution in [0.3, 0.4) is 0 Å². The van der Waals surface area contributed by atoms with Gasteiger partial charge in [-0.15, -0.1) is 0 Å². The summed E-state index contributed by atoms with van der Waals surface area (Å²) in [5.74, 6) is 0. The lowest BCUT2D eigenvalue weighted by Crippen LogP contribution is -2.50. The van der Waals surface area contributed by atoms with E-state index < -0.39 is 19.1 Å². The maximum absolute atomic E-state index is 5.58. The average Bonchev–Trinajstić information content (AvgIpc) is 2.40. The molecule has 114 valence electrons. The minimum absolute atomic E-state index is 0.521. The third kappa shape index (κ3) is 12.5. The number of hydrogen-bond donors (Lipinski definition) is 0. The standard InChI is InChI=1S/C8H22O5Si2.C4H6/c1-5-9-14-13-15(10-6-2,11-7-3)12-8-4;1-3-4-2/h5-8,14H2,1-4H3;3-4H,1-2H2. The molecule has 7 heteroatoms. The van der Waals surface area contributed by atoms with Crippen molar-refractivity contribution in [2.45, 2.75) is 27.7 Å². The van der Waals surface area contributed by atoms with Gasteiger partial charge in [-0.05, 0) is 27.7 Å². The highest BCUT2D eigenvalue weighted by Gasteiger charge is 2.44. The second-order valence-corrected chi connectivity index (χ2v) is 6.69. The van der Waals surface area contributed by atoms with E-state index in [4.69, 9.17) is 21.8 Å². The molecule has 0 aliphatic heterocycles. The lowest BCUT2D eigenvalue weighted by molar-refractivity contribution is 0.00478. The van der Waals surface area contributed by atoms with Gasteiger partial charge in [-0.1, -0.05) is 25.3 Å². The second-order valence-electron chi connectivity index (χ2n) is 3.03. The molecule has 0 aromatic heterocycles. The molecular formula is C12H28O5Si2. The summed E-state index contributed by atoms with van der Waals surface area (Å²) in [5, 5.41) is 0. The predicted molar refractivity (Wildman–Crippen MR) is 82.3 cm³/mol. The van der Waals surface area contributed by atoms with Gasteiger partial charge in [0.15, 0.2) is 0 Å². The molecule has 0 spiro atoms. The second kappa shape index (κ2) is 15.8. The molecule has 0 bridgehead atoms. The average molecular weight is 309 g/mol. The van der Waals surface area contributed by atoms with E-state index in [-0.39, 0.29) is 0 Å². The summed E-state index contributed by atoms with van der Waals surface area (Å²) in [4.78, 5) is 0. The van der Waals surface area contributed by atoms with Crippen LogP contribution in [-0.4, -0.2) is 45.5 Å². The van der Waals surface area contributed by atoms with Crippen molar-refractivity contribution in [1.29, 1.82) is 0 Å². The van der Waals surface area contributed by atoms with Crippen molar-refractivity contribution >= 4 is 19.1 Å². The molecule has 0 saturated heterocycles. The van der Waals surface area contributed by atoms with Gasteiger partial charge in [-0.25, -0.2) is 0 Å². The van der Waals surface area contributed by atoms with E-state index >= 15 is 0 Å². The van der Waals surface area contributed by atoms with Crippen molar-refractivity contribution in [2.75, 3.05) is 26.4 Å². The summed E-state index contributed by atoms with van der Waals surface area (Å²) >= 11 is 0. The molecule has 0 heterocycles. The van der Waals surface area contributed by atoms with Gasteiger partial charge in [0.05, 0.1) is 0 Å². The van der Waals surface area contributed by atoms with Gasteiger partial charge in [0.1, 0.15) is 0 Å². The first-order chi connectivity index (χ1) is 9.16. The fourth-order valence-corrected chi connectivity index (χ4v) is 4.37. The van der Waals surface area contributed by atoms with Crippen molar-refractivity contribution in [1.82, 2.24) is 0 Å². The molecule has 0 fully saturated rings. The molecule has 0 aromatic rings. The molecule has 0 unspecified atom stereocenters. The molecule has 0 aliphatic carbocycles. The van der Waals surface area contributed by atoms with Crippen molar-refractivity contribution in [3.63, 3.8) is 0 Å². The molecule has 0 radical (unpaired) electrons. The normalized spacial score (nSPS) is 11.2. The maximum atomic E-state index is 5.58. The Bertz CT molecular complexity index is 191. The van der Waals surface area contributed by atoms with Crippen LogP contribution < -0.4 is 0 Å². The number of hydrogen-bond acceptors (Lipinski definition) is 5. The van der Waals surface area contributed by atoms with Crippen molar-refractivity contribution in [3.8, 4) is 0 Å². The molecule has 0 rings (SSSR count). The van der Waals surface area contributed by atoms with Crippen LogP contribution in [0.25, 0.3) is 0 Å². The van der Waals surface area contributed by atoms with Crippen LogP contribution in [0, 0.1) is 0 Å². The van der Waals surface area contributed by atoms with Gasteiger partial charge in [0, 0.05) is 26.4 Å². The van der Waals surface area contributed by atoms with Crippen LogP contribution in [0.5, 0.6) is 0 Å². The molecule has 5 nitrogen and oxygen atoms in total. The summed E-state index contributed by atoms with van der Waals surface area (Å²) < 4.78 is 27.3. The Labute approximate surface area is 121 Å². The highest BCUT2D eigenvalue weighted by Crippen LogP contribution is 2.11. The zero-order valence-corrected chi connectivity index (χ0v) is 15.1. The van der Waals surface area contributed by atoms with Gasteiger partial charge in [0.25, 0.3) is 10.0 Å². The quantitative estimate of drug-likeness (QED) is 0.332. The topological polar surface area (TPSA) is 46.2 Å². The minimum Gasteiger partial charge on any atom is -0.400 e. The third-order valence-electron chi connectivity index (χ3n) is 1.65. The van der Waals surface area contributed by atoms with Crippen LogP contribution in [0.2, 0.25) is 0 Å². The maximum Gasteiger partial charge on any atom is 0.670 e. The number of allylic oxidation sites excluding steroid dienone is 2. The fourth-order valence-electron chi connectivity index (χ4n) is 0.977. The lowest BCUT2D eigenvalue weighted by Gasteiger charge is -2.26. The zero-order valence-electron chi connectivity index (χ0n) is 12.6. The Morgan fingerprint density at radius 2 is 1.26 bits per heavy atom. The highest BCUT2D eigenvalue weighted by molar-refractivity contribution is 6.59. The summed E-state index contributed by atoms with van der Waals surface area (Å²) in [7, 11) is -3.96. The first kappa shape index (κ1) is 21.0. The highest BCUT2D eigenvalue weighted by atomic mass is 28.4. The van der Waals surface area contributed by atoms with E-state index in [0.29, 0.717) is 26.4 Å². The van der Waals surface area contributed by atoms with Gasteiger partial charge in [-0.3, -0.25) is 0 Å². The van der Waals surface area contributed by atoms with Crippen LogP contribution >= 0.6 is 0 Å². The van der Waals surface area contributed by atoms with Crippen LogP contribution in [0.1, 0.15) is 27.7 Å². The Kier molecular flexibility index (Phi) is 17.4. The Morgan fingerprint density at radius 1 is 0.842 bits per heavy atom. The molecule has 0 N–H and O–H groups in total. The largest absolute Gasteiger partial charge is 0.670 e. The molecule has 0 aliphatic rings. The predicted octanol–water partition coefficient (Wildman–Crippen LogP) is 1.94. The monoisotopic (exact) mass is 308 g/mol. The summed E-state index contributed by atoms with van der Waals surface area (Å²) in [6, 6.07) is 0. The van der Waals surface area contributed by atoms with Gasteiger partial charge in [-0.2, -0.15) is 0 Å². The third-order valence-corrected chi connectivity index (χ3v) is 6.04. The van der Waals surface area contributed by atoms with Crippen LogP contribution in [0.15, 0.2) is 25.3 Å². The van der Waals surface area contributed by atoms with E-state index in [2.05, 4.69) is 13.2 Å². The SMILES string of the molecule is C=CC=C.CCO[SiH2]O[Si](OCC)(OCC)OCC. The Hall–Kier alpha value is -0.286. The molecule has 0 amide bonds. The first-order valence-corrected chi connectivity index (χ1v) is 9.31. The van der Waals surface area contributed by atoms with E-state index in [1.807, 2.05) is 27.7 Å². The molecule has 0 saturated carbocycles.